The Labute approximate surface area is 81.5 Å². The molecule has 0 aromatic rings. The van der Waals surface area contributed by atoms with E-state index in [0.29, 0.717) is 0 Å². The zero-order valence-corrected chi connectivity index (χ0v) is 10.3. The first-order chi connectivity index (χ1) is 4.83. The van der Waals surface area contributed by atoms with Gasteiger partial charge in [0.25, 0.3) is 0 Å². The van der Waals surface area contributed by atoms with Gasteiger partial charge in [0.2, 0.25) is 0 Å². The molecule has 12 heteroatoms. The molecule has 0 aliphatic rings. The van der Waals surface area contributed by atoms with Crippen molar-refractivity contribution >= 4 is 44.1 Å². The molecule has 0 rings (SSSR count). The smallest absolute Gasteiger partial charge is 0.750 e. The van der Waals surface area contributed by atoms with Gasteiger partial charge in [0.05, 0.1) is 0 Å². The maximum Gasteiger partial charge on any atom is 3.00 e. The fraction of sp³-hybridized carbons (Fsp3) is 0. The normalized spacial score (nSPS) is 17.2. The van der Waals surface area contributed by atoms with Gasteiger partial charge in [-0.15, -0.1) is 0 Å². The third kappa shape index (κ3) is 8.96. The van der Waals surface area contributed by atoms with Gasteiger partial charge in [-0.05, 0) is 9.13 Å². The molecule has 0 N–H and O–H groups in total. The maximum atomic E-state index is 10.1. The van der Waals surface area contributed by atoms with Crippen LogP contribution in [-0.2, 0) is 22.3 Å². The van der Waals surface area contributed by atoms with Crippen molar-refractivity contribution < 1.29 is 37.0 Å². The van der Waals surface area contributed by atoms with Crippen LogP contribution in [0.25, 0.3) is 0 Å². The van der Waals surface area contributed by atoms with E-state index in [-0.39, 0.29) is 19.8 Å². The summed E-state index contributed by atoms with van der Waals surface area (Å²) in [6.45, 7) is 0. The van der Waals surface area contributed by atoms with E-state index < -0.39 is 24.3 Å². The molecule has 2 atom stereocenters. The van der Waals surface area contributed by atoms with E-state index in [2.05, 4.69) is 8.62 Å². The Morgan fingerprint density at radius 2 is 1.33 bits per heavy atom. The third-order valence-electron chi connectivity index (χ3n) is 0.333. The van der Waals surface area contributed by atoms with Crippen LogP contribution < -0.4 is 14.7 Å². The fourth-order valence-electron chi connectivity index (χ4n) is 0.178. The van der Waals surface area contributed by atoms with E-state index in [1.807, 2.05) is 0 Å². The summed E-state index contributed by atoms with van der Waals surface area (Å²) in [5, 5.41) is 0. The second kappa shape index (κ2) is 6.34. The predicted molar refractivity (Wildman–Crippen MR) is 30.7 cm³/mol. The molecule has 0 radical (unpaired) electrons. The minimum atomic E-state index is -5.25. The van der Waals surface area contributed by atoms with Gasteiger partial charge < -0.3 is 14.7 Å². The van der Waals surface area contributed by atoms with Crippen molar-refractivity contribution in [2.24, 2.45) is 0 Å². The van der Waals surface area contributed by atoms with Crippen LogP contribution in [0.1, 0.15) is 0 Å². The van der Waals surface area contributed by atoms with Crippen molar-refractivity contribution in [3.63, 3.8) is 0 Å². The zero-order valence-electron chi connectivity index (χ0n) is 5.18. The van der Waals surface area contributed by atoms with Crippen molar-refractivity contribution in [1.82, 2.24) is 0 Å². The zero-order chi connectivity index (χ0) is 9.07. The number of hydrogen-bond acceptors (Lipinski definition) is 8. The van der Waals surface area contributed by atoms with Crippen molar-refractivity contribution in [2.45, 2.75) is 0 Å². The Bertz CT molecular complexity index is 200. The van der Waals surface area contributed by atoms with Crippen molar-refractivity contribution in [3.05, 3.63) is 0 Å². The molecule has 0 aliphatic heterocycles. The van der Waals surface area contributed by atoms with E-state index in [1.165, 1.54) is 0 Å². The Morgan fingerprint density at radius 3 is 1.50 bits per heavy atom. The van der Waals surface area contributed by atoms with Crippen LogP contribution in [0.3, 0.4) is 0 Å². The summed E-state index contributed by atoms with van der Waals surface area (Å²) < 4.78 is 35.4. The first kappa shape index (κ1) is 15.3. The molecule has 0 aliphatic carbocycles. The van der Waals surface area contributed by atoms with Gasteiger partial charge in [0.1, 0.15) is 0 Å². The molecule has 0 amide bonds. The average molecular weight is 291 g/mol. The molecule has 12 heavy (non-hydrogen) atoms. The second-order valence-corrected chi connectivity index (χ2v) is 4.15. The van der Waals surface area contributed by atoms with Gasteiger partial charge in [0.15, 0.2) is 0 Å². The summed E-state index contributed by atoms with van der Waals surface area (Å²) in [5.41, 5.74) is 0. The first-order valence-electron chi connectivity index (χ1n) is 1.83. The molecule has 0 bridgehead atoms. The largest absolute Gasteiger partial charge is 3.00 e. The van der Waals surface area contributed by atoms with Crippen molar-refractivity contribution in [3.8, 4) is 0 Å². The number of phosphoric acid groups is 1. The fourth-order valence-corrected chi connectivity index (χ4v) is 1.87. The van der Waals surface area contributed by atoms with Crippen molar-refractivity contribution in [2.75, 3.05) is 0 Å². The van der Waals surface area contributed by atoms with Crippen LogP contribution >= 0.6 is 24.3 Å². The SMILES string of the molecule is O=[P+]([O-])OP(=O)([O-])O[P+](=O)[O-].[Ga+3]. The Balaban J connectivity index is 0. The van der Waals surface area contributed by atoms with E-state index in [9.17, 15) is 28.4 Å². The minimum Gasteiger partial charge on any atom is -0.750 e. The minimum absolute atomic E-state index is 0. The van der Waals surface area contributed by atoms with Crippen LogP contribution in [0.4, 0.5) is 0 Å². The van der Waals surface area contributed by atoms with E-state index in [4.69, 9.17) is 0 Å². The molecule has 0 fully saturated rings. The standard InChI is InChI=1S/Ga.HO8P3/c;1-9(2)7-11(5,6)8-10(3)4/h;(H,5,6)/q+3;/p-1. The van der Waals surface area contributed by atoms with Gasteiger partial charge in [-0.3, -0.25) is 4.57 Å². The van der Waals surface area contributed by atoms with Gasteiger partial charge in [0, 0.05) is 0 Å². The van der Waals surface area contributed by atoms with Crippen LogP contribution in [0, 0.1) is 0 Å². The van der Waals surface area contributed by atoms with E-state index >= 15 is 0 Å². The van der Waals surface area contributed by atoms with Crippen LogP contribution in [0.15, 0.2) is 0 Å². The molecule has 0 saturated carbocycles. The Hall–Kier alpha value is 0.866. The van der Waals surface area contributed by atoms with Gasteiger partial charge in [-0.1, -0.05) is 8.62 Å². The molecular weight excluding hydrogens is 291 g/mol. The van der Waals surface area contributed by atoms with E-state index in [0.717, 1.165) is 0 Å². The average Bonchev–Trinajstić information content (AvgIpc) is 1.53. The molecule has 0 spiro atoms. The quantitative estimate of drug-likeness (QED) is 0.434. The summed E-state index contributed by atoms with van der Waals surface area (Å²) in [6, 6.07) is 0. The number of rotatable bonds is 4. The molecule has 0 aromatic carbocycles. The topological polar surface area (TPSA) is 139 Å². The molecule has 8 nitrogen and oxygen atoms in total. The molecular formula is GaO8P3+2. The van der Waals surface area contributed by atoms with E-state index in [1.54, 1.807) is 0 Å². The summed E-state index contributed by atoms with van der Waals surface area (Å²) in [7, 11) is -12.6. The Kier molecular flexibility index (Phi) is 8.11. The summed E-state index contributed by atoms with van der Waals surface area (Å²) in [5.74, 6) is 0. The molecule has 0 saturated heterocycles. The summed E-state index contributed by atoms with van der Waals surface area (Å²) in [4.78, 5) is 29.2. The predicted octanol–water partition coefficient (Wildman–Crippen LogP) is -1.86. The van der Waals surface area contributed by atoms with Crippen LogP contribution in [0.5, 0.6) is 0 Å². The number of hydrogen-bond donors (Lipinski definition) is 0. The molecule has 2 unspecified atom stereocenters. The van der Waals surface area contributed by atoms with Gasteiger partial charge in [-0.25, -0.2) is 0 Å². The maximum absolute atomic E-state index is 10.1. The summed E-state index contributed by atoms with van der Waals surface area (Å²) in [6.07, 6.45) is 0. The molecule has 0 heterocycles. The van der Waals surface area contributed by atoms with Gasteiger partial charge in [-0.2, -0.15) is 0 Å². The summed E-state index contributed by atoms with van der Waals surface area (Å²) >= 11 is 0. The second-order valence-electron chi connectivity index (χ2n) is 1.06. The monoisotopic (exact) mass is 290 g/mol. The van der Waals surface area contributed by atoms with Crippen LogP contribution in [-0.4, -0.2) is 19.8 Å². The van der Waals surface area contributed by atoms with Crippen molar-refractivity contribution in [1.29, 1.82) is 0 Å². The van der Waals surface area contributed by atoms with Crippen LogP contribution in [0.2, 0.25) is 0 Å². The molecule has 64 valence electrons. The first-order valence-corrected chi connectivity index (χ1v) is 5.48. The Morgan fingerprint density at radius 1 is 1.08 bits per heavy atom. The van der Waals surface area contributed by atoms with Gasteiger partial charge >= 0.3 is 44.1 Å². The third-order valence-corrected chi connectivity index (χ3v) is 3.00. The molecule has 0 aromatic heterocycles.